The van der Waals surface area contributed by atoms with Crippen molar-refractivity contribution in [3.63, 3.8) is 0 Å². The van der Waals surface area contributed by atoms with E-state index in [0.717, 1.165) is 11.4 Å². The van der Waals surface area contributed by atoms with Gasteiger partial charge in [0.1, 0.15) is 0 Å². The van der Waals surface area contributed by atoms with Gasteiger partial charge in [0, 0.05) is 25.9 Å². The van der Waals surface area contributed by atoms with Gasteiger partial charge in [-0.05, 0) is 0 Å². The molecule has 0 fully saturated rings. The zero-order valence-electron chi connectivity index (χ0n) is 10.2. The predicted octanol–water partition coefficient (Wildman–Crippen LogP) is -1.62. The molecular weight excluding hydrogens is 252 g/mol. The minimum absolute atomic E-state index is 0.0125. The number of imidazole rings is 1. The molecule has 8 nitrogen and oxygen atoms in total. The molecule has 19 heavy (non-hydrogen) atoms. The summed E-state index contributed by atoms with van der Waals surface area (Å²) in [6, 6.07) is -0.377. The Bertz CT molecular complexity index is 473. The summed E-state index contributed by atoms with van der Waals surface area (Å²) in [7, 11) is 0. The molecule has 1 aromatic heterocycles. The normalized spacial score (nSPS) is 19.5. The number of carbonyl (C=O) groups is 2. The van der Waals surface area contributed by atoms with Gasteiger partial charge >= 0.3 is 5.97 Å². The Morgan fingerprint density at radius 3 is 3.11 bits per heavy atom. The van der Waals surface area contributed by atoms with Gasteiger partial charge in [-0.1, -0.05) is 0 Å². The van der Waals surface area contributed by atoms with Crippen molar-refractivity contribution < 1.29 is 19.8 Å². The topological polar surface area (TPSA) is 127 Å². The number of H-pyrrole nitrogens is 1. The number of aliphatic carboxylic acids is 1. The van der Waals surface area contributed by atoms with Gasteiger partial charge in [-0.2, -0.15) is 0 Å². The number of amides is 1. The second kappa shape index (κ2) is 5.81. The van der Waals surface area contributed by atoms with Crippen molar-refractivity contribution >= 4 is 11.9 Å². The minimum Gasteiger partial charge on any atom is -0.479 e. The van der Waals surface area contributed by atoms with Crippen molar-refractivity contribution in [2.45, 2.75) is 31.5 Å². The Hall–Kier alpha value is -1.93. The highest BCUT2D eigenvalue weighted by Crippen LogP contribution is 2.11. The molecule has 0 aliphatic carbocycles. The summed E-state index contributed by atoms with van der Waals surface area (Å²) in [5, 5.41) is 23.2. The van der Waals surface area contributed by atoms with Crippen LogP contribution < -0.4 is 10.6 Å². The Balaban J connectivity index is 1.77. The summed E-state index contributed by atoms with van der Waals surface area (Å²) in [6.45, 7) is 0.670. The van der Waals surface area contributed by atoms with Gasteiger partial charge in [0.25, 0.3) is 0 Å². The number of rotatable bonds is 5. The molecule has 2 heterocycles. The average Bonchev–Trinajstić information content (AvgIpc) is 2.85. The van der Waals surface area contributed by atoms with Gasteiger partial charge < -0.3 is 20.5 Å². The zero-order valence-corrected chi connectivity index (χ0v) is 10.2. The van der Waals surface area contributed by atoms with Crippen LogP contribution in [-0.2, 0) is 22.6 Å². The summed E-state index contributed by atoms with van der Waals surface area (Å²) in [4.78, 5) is 29.3. The number of hydrogen-bond donors (Lipinski definition) is 5. The van der Waals surface area contributed by atoms with E-state index in [2.05, 4.69) is 20.6 Å². The first-order valence-corrected chi connectivity index (χ1v) is 6.01. The first-order chi connectivity index (χ1) is 9.08. The van der Waals surface area contributed by atoms with Gasteiger partial charge in [0.15, 0.2) is 6.10 Å². The molecule has 0 saturated carbocycles. The summed E-state index contributed by atoms with van der Waals surface area (Å²) in [5.41, 5.74) is 1.84. The minimum atomic E-state index is -1.45. The molecular formula is C11H16N4O4. The lowest BCUT2D eigenvalue weighted by atomic mass is 10.0. The van der Waals surface area contributed by atoms with Crippen LogP contribution in [0, 0.1) is 0 Å². The maximum absolute atomic E-state index is 11.8. The molecule has 1 unspecified atom stereocenters. The molecule has 0 bridgehead atoms. The fourth-order valence-electron chi connectivity index (χ4n) is 1.93. The fourth-order valence-corrected chi connectivity index (χ4v) is 1.93. The zero-order chi connectivity index (χ0) is 13.8. The maximum Gasteiger partial charge on any atom is 0.332 e. The van der Waals surface area contributed by atoms with Gasteiger partial charge in [0.05, 0.1) is 23.8 Å². The highest BCUT2D eigenvalue weighted by Gasteiger charge is 2.25. The van der Waals surface area contributed by atoms with Crippen LogP contribution >= 0.6 is 0 Å². The van der Waals surface area contributed by atoms with Crippen LogP contribution in [-0.4, -0.2) is 50.7 Å². The first-order valence-electron chi connectivity index (χ1n) is 6.01. The fraction of sp³-hybridized carbons (Fsp3) is 0.545. The summed E-state index contributed by atoms with van der Waals surface area (Å²) < 4.78 is 0. The number of aromatic nitrogens is 2. The van der Waals surface area contributed by atoms with Crippen LogP contribution in [0.4, 0.5) is 0 Å². The molecule has 1 amide bonds. The molecule has 2 atom stereocenters. The van der Waals surface area contributed by atoms with Gasteiger partial charge in [0.2, 0.25) is 5.91 Å². The summed E-state index contributed by atoms with van der Waals surface area (Å²) >= 11 is 0. The van der Waals surface area contributed by atoms with E-state index in [-0.39, 0.29) is 24.9 Å². The Morgan fingerprint density at radius 2 is 2.37 bits per heavy atom. The van der Waals surface area contributed by atoms with Crippen LogP contribution in [0.1, 0.15) is 17.8 Å². The van der Waals surface area contributed by atoms with E-state index in [1.165, 1.54) is 0 Å². The number of aliphatic hydroxyl groups excluding tert-OH is 1. The second-order valence-electron chi connectivity index (χ2n) is 4.40. The Kier molecular flexibility index (Phi) is 4.13. The molecule has 1 aliphatic rings. The number of carbonyl (C=O) groups excluding carboxylic acids is 1. The monoisotopic (exact) mass is 268 g/mol. The Labute approximate surface area is 109 Å². The number of aromatic amines is 1. The van der Waals surface area contributed by atoms with Crippen LogP contribution in [0.2, 0.25) is 0 Å². The average molecular weight is 268 g/mol. The third-order valence-electron chi connectivity index (χ3n) is 3.05. The van der Waals surface area contributed by atoms with Crippen molar-refractivity contribution in [2.24, 2.45) is 0 Å². The molecule has 104 valence electrons. The lowest BCUT2D eigenvalue weighted by Crippen LogP contribution is -2.48. The quantitative estimate of drug-likeness (QED) is 0.436. The number of hydrogen-bond acceptors (Lipinski definition) is 5. The lowest BCUT2D eigenvalue weighted by Gasteiger charge is -2.22. The largest absolute Gasteiger partial charge is 0.479 e. The van der Waals surface area contributed by atoms with Crippen molar-refractivity contribution in [1.29, 1.82) is 0 Å². The van der Waals surface area contributed by atoms with Crippen molar-refractivity contribution in [3.05, 3.63) is 17.7 Å². The number of aliphatic hydroxyl groups is 1. The number of carboxylic acids is 1. The van der Waals surface area contributed by atoms with Crippen molar-refractivity contribution in [2.75, 3.05) is 6.54 Å². The maximum atomic E-state index is 11.8. The smallest absolute Gasteiger partial charge is 0.332 e. The second-order valence-corrected chi connectivity index (χ2v) is 4.40. The predicted molar refractivity (Wildman–Crippen MR) is 64.2 cm³/mol. The molecule has 0 spiro atoms. The van der Waals surface area contributed by atoms with Crippen molar-refractivity contribution in [1.82, 2.24) is 20.6 Å². The van der Waals surface area contributed by atoms with E-state index in [0.29, 0.717) is 13.0 Å². The third kappa shape index (κ3) is 3.30. The van der Waals surface area contributed by atoms with E-state index in [1.807, 2.05) is 0 Å². The standard InChI is InChI=1S/C11H16N4O4/c16-9(11(18)19)1-2-12-10(17)7-3-6-8(4-13-7)15-5-14-6/h5,7,9,13,16H,1-4H2,(H,12,17)(H,14,15)(H,18,19)/t7?,9-/m0/s1. The molecule has 0 radical (unpaired) electrons. The van der Waals surface area contributed by atoms with E-state index in [9.17, 15) is 9.59 Å². The van der Waals surface area contributed by atoms with Crippen LogP contribution in [0.5, 0.6) is 0 Å². The summed E-state index contributed by atoms with van der Waals surface area (Å²) in [5.74, 6) is -1.50. The highest BCUT2D eigenvalue weighted by molar-refractivity contribution is 5.82. The Morgan fingerprint density at radius 1 is 1.58 bits per heavy atom. The van der Waals surface area contributed by atoms with Crippen LogP contribution in [0.25, 0.3) is 0 Å². The van der Waals surface area contributed by atoms with Crippen LogP contribution in [0.3, 0.4) is 0 Å². The van der Waals surface area contributed by atoms with Gasteiger partial charge in [-0.25, -0.2) is 9.78 Å². The molecule has 8 heteroatoms. The molecule has 0 saturated heterocycles. The molecule has 2 rings (SSSR count). The SMILES string of the molecule is O=C(NCC[C@H](O)C(=O)O)C1Cc2nc[nH]c2CN1. The molecule has 1 aliphatic heterocycles. The lowest BCUT2D eigenvalue weighted by molar-refractivity contribution is -0.147. The highest BCUT2D eigenvalue weighted by atomic mass is 16.4. The molecule has 1 aromatic rings. The van der Waals surface area contributed by atoms with E-state index in [4.69, 9.17) is 10.2 Å². The van der Waals surface area contributed by atoms with E-state index in [1.54, 1.807) is 6.33 Å². The van der Waals surface area contributed by atoms with Crippen molar-refractivity contribution in [3.8, 4) is 0 Å². The number of nitrogens with one attached hydrogen (secondary N) is 3. The third-order valence-corrected chi connectivity index (χ3v) is 3.05. The van der Waals surface area contributed by atoms with Gasteiger partial charge in [-0.3, -0.25) is 10.1 Å². The molecule has 0 aromatic carbocycles. The number of carboxylic acid groups (broad SMARTS) is 1. The summed E-state index contributed by atoms with van der Waals surface area (Å²) in [6.07, 6.45) is 0.626. The van der Waals surface area contributed by atoms with Crippen LogP contribution in [0.15, 0.2) is 6.33 Å². The number of fused-ring (bicyclic) bond motifs is 1. The first kappa shape index (κ1) is 13.5. The van der Waals surface area contributed by atoms with E-state index < -0.39 is 12.1 Å². The van der Waals surface area contributed by atoms with Gasteiger partial charge in [-0.15, -0.1) is 0 Å². The van der Waals surface area contributed by atoms with E-state index >= 15 is 0 Å². The molecule has 5 N–H and O–H groups in total. The number of nitrogens with zero attached hydrogens (tertiary/aromatic N) is 1.